The van der Waals surface area contributed by atoms with E-state index in [1.807, 2.05) is 0 Å². The standard InChI is InChI=1S/C14H18N4OS/c1-2-11(7-9-19-8-1)17-12-3-5-13(6-4-12)20-14-15-10-16-18-14/h3-6,10-11,17H,1-2,7-9H2,(H,15,16,18). The lowest BCUT2D eigenvalue weighted by atomic mass is 10.1. The molecule has 0 saturated carbocycles. The SMILES string of the molecule is c1n[nH]c(Sc2ccc(NC3CCCOCC3)cc2)n1. The third-order valence-electron chi connectivity index (χ3n) is 3.28. The zero-order chi connectivity index (χ0) is 13.6. The minimum atomic E-state index is 0.519. The van der Waals surface area contributed by atoms with Crippen LogP contribution in [0.5, 0.6) is 0 Å². The van der Waals surface area contributed by atoms with Crippen molar-refractivity contribution in [2.75, 3.05) is 18.5 Å². The van der Waals surface area contributed by atoms with Gasteiger partial charge in [0.15, 0.2) is 5.16 Å². The van der Waals surface area contributed by atoms with Crippen LogP contribution in [0.1, 0.15) is 19.3 Å². The van der Waals surface area contributed by atoms with Gasteiger partial charge in [-0.1, -0.05) is 11.8 Å². The molecular weight excluding hydrogens is 272 g/mol. The van der Waals surface area contributed by atoms with Gasteiger partial charge in [-0.25, -0.2) is 4.98 Å². The van der Waals surface area contributed by atoms with Crippen molar-refractivity contribution in [3.05, 3.63) is 30.6 Å². The van der Waals surface area contributed by atoms with Crippen LogP contribution in [-0.4, -0.2) is 34.4 Å². The summed E-state index contributed by atoms with van der Waals surface area (Å²) in [5, 5.41) is 11.1. The van der Waals surface area contributed by atoms with Gasteiger partial charge in [-0.2, -0.15) is 5.10 Å². The second-order valence-electron chi connectivity index (χ2n) is 4.80. The van der Waals surface area contributed by atoms with Crippen molar-refractivity contribution in [1.29, 1.82) is 0 Å². The summed E-state index contributed by atoms with van der Waals surface area (Å²) < 4.78 is 5.48. The quantitative estimate of drug-likeness (QED) is 0.906. The maximum atomic E-state index is 5.48. The molecule has 1 fully saturated rings. The fourth-order valence-corrected chi connectivity index (χ4v) is 2.95. The number of anilines is 1. The Kier molecular flexibility index (Phi) is 4.55. The Balaban J connectivity index is 1.58. The maximum Gasteiger partial charge on any atom is 0.188 e. The Morgan fingerprint density at radius 1 is 1.20 bits per heavy atom. The third kappa shape index (κ3) is 3.74. The van der Waals surface area contributed by atoms with Crippen molar-refractivity contribution >= 4 is 17.4 Å². The molecule has 0 amide bonds. The van der Waals surface area contributed by atoms with Gasteiger partial charge in [0.2, 0.25) is 0 Å². The van der Waals surface area contributed by atoms with E-state index in [0.717, 1.165) is 36.1 Å². The number of H-pyrrole nitrogens is 1. The highest BCUT2D eigenvalue weighted by Gasteiger charge is 2.12. The van der Waals surface area contributed by atoms with Crippen LogP contribution < -0.4 is 5.32 Å². The van der Waals surface area contributed by atoms with E-state index < -0.39 is 0 Å². The molecule has 0 bridgehead atoms. The largest absolute Gasteiger partial charge is 0.382 e. The molecule has 2 N–H and O–H groups in total. The number of rotatable bonds is 4. The van der Waals surface area contributed by atoms with Gasteiger partial charge in [-0.15, -0.1) is 0 Å². The van der Waals surface area contributed by atoms with Gasteiger partial charge in [0.05, 0.1) is 0 Å². The van der Waals surface area contributed by atoms with Gasteiger partial charge in [-0.05, 0) is 43.5 Å². The van der Waals surface area contributed by atoms with Gasteiger partial charge >= 0.3 is 0 Å². The summed E-state index contributed by atoms with van der Waals surface area (Å²) in [6, 6.07) is 8.95. The number of nitrogens with zero attached hydrogens (tertiary/aromatic N) is 2. The molecule has 1 unspecified atom stereocenters. The molecule has 5 nitrogen and oxygen atoms in total. The zero-order valence-corrected chi connectivity index (χ0v) is 12.0. The van der Waals surface area contributed by atoms with Crippen molar-refractivity contribution in [1.82, 2.24) is 15.2 Å². The number of benzene rings is 1. The lowest BCUT2D eigenvalue weighted by Gasteiger charge is -2.17. The second kappa shape index (κ2) is 6.76. The molecule has 0 aliphatic carbocycles. The molecular formula is C14H18N4OS. The Hall–Kier alpha value is -1.53. The van der Waals surface area contributed by atoms with Crippen molar-refractivity contribution < 1.29 is 4.74 Å². The molecule has 106 valence electrons. The molecule has 1 saturated heterocycles. The summed E-state index contributed by atoms with van der Waals surface area (Å²) in [5.74, 6) is 0. The fraction of sp³-hybridized carbons (Fsp3) is 0.429. The molecule has 1 aliphatic heterocycles. The number of aromatic amines is 1. The fourth-order valence-electron chi connectivity index (χ4n) is 2.26. The first-order chi connectivity index (χ1) is 9.90. The monoisotopic (exact) mass is 290 g/mol. The topological polar surface area (TPSA) is 62.8 Å². The van der Waals surface area contributed by atoms with Crippen molar-refractivity contribution in [2.45, 2.75) is 35.4 Å². The molecule has 1 atom stereocenters. The highest BCUT2D eigenvalue weighted by atomic mass is 32.2. The van der Waals surface area contributed by atoms with Crippen LogP contribution in [0.25, 0.3) is 0 Å². The molecule has 6 heteroatoms. The maximum absolute atomic E-state index is 5.48. The minimum absolute atomic E-state index is 0.519. The summed E-state index contributed by atoms with van der Waals surface area (Å²) >= 11 is 1.58. The van der Waals surface area contributed by atoms with Crippen molar-refractivity contribution in [3.63, 3.8) is 0 Å². The first kappa shape index (κ1) is 13.5. The summed E-state index contributed by atoms with van der Waals surface area (Å²) in [6.07, 6.45) is 4.91. The van der Waals surface area contributed by atoms with Crippen LogP contribution in [0.2, 0.25) is 0 Å². The van der Waals surface area contributed by atoms with Crippen LogP contribution >= 0.6 is 11.8 Å². The molecule has 0 spiro atoms. The molecule has 2 heterocycles. The average Bonchev–Trinajstić information content (AvgIpc) is 2.84. The van der Waals surface area contributed by atoms with E-state index in [2.05, 4.69) is 44.8 Å². The van der Waals surface area contributed by atoms with Gasteiger partial charge in [-0.3, -0.25) is 5.10 Å². The number of aromatic nitrogens is 3. The Bertz CT molecular complexity index is 506. The Morgan fingerprint density at radius 2 is 2.10 bits per heavy atom. The lowest BCUT2D eigenvalue weighted by molar-refractivity contribution is 0.144. The zero-order valence-electron chi connectivity index (χ0n) is 11.2. The van der Waals surface area contributed by atoms with Gasteiger partial charge in [0.25, 0.3) is 0 Å². The van der Waals surface area contributed by atoms with E-state index in [1.165, 1.54) is 18.4 Å². The van der Waals surface area contributed by atoms with Crippen molar-refractivity contribution in [2.24, 2.45) is 0 Å². The predicted octanol–water partition coefficient (Wildman–Crippen LogP) is 2.94. The average molecular weight is 290 g/mol. The van der Waals surface area contributed by atoms with Crippen LogP contribution in [0.15, 0.2) is 40.6 Å². The van der Waals surface area contributed by atoms with E-state index in [0.29, 0.717) is 6.04 Å². The van der Waals surface area contributed by atoms with Crippen molar-refractivity contribution in [3.8, 4) is 0 Å². The molecule has 3 rings (SSSR count). The van der Waals surface area contributed by atoms with Gasteiger partial charge < -0.3 is 10.1 Å². The van der Waals surface area contributed by atoms with E-state index in [-0.39, 0.29) is 0 Å². The number of ether oxygens (including phenoxy) is 1. The van der Waals surface area contributed by atoms with Crippen LogP contribution in [0.3, 0.4) is 0 Å². The van der Waals surface area contributed by atoms with Crippen LogP contribution in [0, 0.1) is 0 Å². The highest BCUT2D eigenvalue weighted by Crippen LogP contribution is 2.25. The molecule has 1 aliphatic rings. The number of hydrogen-bond donors (Lipinski definition) is 2. The van der Waals surface area contributed by atoms with Crippen LogP contribution in [-0.2, 0) is 4.74 Å². The third-order valence-corrected chi connectivity index (χ3v) is 4.18. The van der Waals surface area contributed by atoms with E-state index in [4.69, 9.17) is 4.74 Å². The first-order valence-electron chi connectivity index (χ1n) is 6.88. The van der Waals surface area contributed by atoms with Gasteiger partial charge in [0, 0.05) is 29.8 Å². The summed E-state index contributed by atoms with van der Waals surface area (Å²) in [4.78, 5) is 5.25. The van der Waals surface area contributed by atoms with E-state index >= 15 is 0 Å². The molecule has 0 radical (unpaired) electrons. The van der Waals surface area contributed by atoms with Gasteiger partial charge in [0.1, 0.15) is 6.33 Å². The smallest absolute Gasteiger partial charge is 0.188 e. The number of nitrogens with one attached hydrogen (secondary N) is 2. The highest BCUT2D eigenvalue weighted by molar-refractivity contribution is 7.99. The predicted molar refractivity (Wildman–Crippen MR) is 79.0 cm³/mol. The minimum Gasteiger partial charge on any atom is -0.382 e. The van der Waals surface area contributed by atoms with Crippen LogP contribution in [0.4, 0.5) is 5.69 Å². The summed E-state index contributed by atoms with van der Waals surface area (Å²) in [5.41, 5.74) is 1.17. The van der Waals surface area contributed by atoms with E-state index in [9.17, 15) is 0 Å². The summed E-state index contributed by atoms with van der Waals surface area (Å²) in [6.45, 7) is 1.75. The molecule has 1 aromatic carbocycles. The lowest BCUT2D eigenvalue weighted by Crippen LogP contribution is -2.19. The molecule has 2 aromatic rings. The number of hydrogen-bond acceptors (Lipinski definition) is 5. The van der Waals surface area contributed by atoms with E-state index in [1.54, 1.807) is 11.8 Å². The molecule has 20 heavy (non-hydrogen) atoms. The first-order valence-corrected chi connectivity index (χ1v) is 7.69. The Morgan fingerprint density at radius 3 is 2.90 bits per heavy atom. The molecule has 1 aromatic heterocycles. The Labute approximate surface area is 122 Å². The normalized spacial score (nSPS) is 19.5. The second-order valence-corrected chi connectivity index (χ2v) is 5.86. The summed E-state index contributed by atoms with van der Waals surface area (Å²) in [7, 11) is 0.